The second-order valence-corrected chi connectivity index (χ2v) is 4.72. The van der Waals surface area contributed by atoms with Crippen molar-refractivity contribution in [2.45, 2.75) is 12.3 Å². The highest BCUT2D eigenvalue weighted by Gasteiger charge is 2.31. The summed E-state index contributed by atoms with van der Waals surface area (Å²) in [5.74, 6) is -0.0787. The summed E-state index contributed by atoms with van der Waals surface area (Å²) in [5.41, 5.74) is 8.95. The van der Waals surface area contributed by atoms with E-state index in [0.717, 1.165) is 12.0 Å². The normalized spacial score (nSPS) is 16.3. The van der Waals surface area contributed by atoms with E-state index in [1.54, 1.807) is 6.07 Å². The Hall–Kier alpha value is -2.49. The minimum atomic E-state index is -0.107. The van der Waals surface area contributed by atoms with E-state index in [4.69, 9.17) is 5.73 Å². The van der Waals surface area contributed by atoms with Crippen molar-refractivity contribution < 1.29 is 9.90 Å². The van der Waals surface area contributed by atoms with Crippen molar-refractivity contribution in [2.75, 3.05) is 11.1 Å². The molecular formula is C15H14N2O2. The molecule has 3 rings (SSSR count). The lowest BCUT2D eigenvalue weighted by molar-refractivity contribution is -0.118. The van der Waals surface area contributed by atoms with Crippen molar-refractivity contribution in [3.63, 3.8) is 0 Å². The zero-order chi connectivity index (χ0) is 13.4. The quantitative estimate of drug-likeness (QED) is 0.568. The zero-order valence-corrected chi connectivity index (χ0v) is 10.3. The van der Waals surface area contributed by atoms with Crippen LogP contribution in [0.25, 0.3) is 0 Å². The van der Waals surface area contributed by atoms with Gasteiger partial charge in [-0.1, -0.05) is 24.3 Å². The standard InChI is InChI=1S/C15H14N2O2/c16-13-8-10(18)5-6-14(13)17-15(19)12-7-9-3-1-2-4-11(9)12/h1-6,8,12,18H,7,16H2,(H,17,19). The number of hydrogen-bond donors (Lipinski definition) is 3. The van der Waals surface area contributed by atoms with Gasteiger partial charge in [-0.25, -0.2) is 0 Å². The van der Waals surface area contributed by atoms with E-state index >= 15 is 0 Å². The smallest absolute Gasteiger partial charge is 0.232 e. The molecule has 1 aliphatic rings. The SMILES string of the molecule is Nc1cc(O)ccc1NC(=O)C1Cc2ccccc21. The topological polar surface area (TPSA) is 75.3 Å². The molecule has 0 aromatic heterocycles. The van der Waals surface area contributed by atoms with Gasteiger partial charge in [-0.2, -0.15) is 0 Å². The van der Waals surface area contributed by atoms with Crippen LogP contribution >= 0.6 is 0 Å². The number of amides is 1. The molecule has 2 aromatic rings. The van der Waals surface area contributed by atoms with Crippen LogP contribution in [0.2, 0.25) is 0 Å². The number of fused-ring (bicyclic) bond motifs is 1. The maximum absolute atomic E-state index is 12.2. The first-order valence-electron chi connectivity index (χ1n) is 6.12. The number of benzene rings is 2. The summed E-state index contributed by atoms with van der Waals surface area (Å²) >= 11 is 0. The van der Waals surface area contributed by atoms with Crippen LogP contribution in [0.1, 0.15) is 17.0 Å². The first-order chi connectivity index (χ1) is 9.15. The van der Waals surface area contributed by atoms with E-state index in [0.29, 0.717) is 11.4 Å². The lowest BCUT2D eigenvalue weighted by Crippen LogP contribution is -2.30. The molecule has 0 aliphatic heterocycles. The van der Waals surface area contributed by atoms with Gasteiger partial charge < -0.3 is 16.2 Å². The molecule has 2 aromatic carbocycles. The van der Waals surface area contributed by atoms with Gasteiger partial charge in [0.05, 0.1) is 17.3 Å². The van der Waals surface area contributed by atoms with Crippen molar-refractivity contribution in [1.82, 2.24) is 0 Å². The summed E-state index contributed by atoms with van der Waals surface area (Å²) in [6.45, 7) is 0. The van der Waals surface area contributed by atoms with Gasteiger partial charge in [0.25, 0.3) is 0 Å². The van der Waals surface area contributed by atoms with Crippen molar-refractivity contribution in [2.24, 2.45) is 0 Å². The van der Waals surface area contributed by atoms with Crippen LogP contribution < -0.4 is 11.1 Å². The average Bonchev–Trinajstić information content (AvgIpc) is 2.34. The number of nitrogen functional groups attached to an aromatic ring is 1. The van der Waals surface area contributed by atoms with Gasteiger partial charge in [0.1, 0.15) is 5.75 Å². The third-order valence-corrected chi connectivity index (χ3v) is 3.46. The molecule has 4 N–H and O–H groups in total. The molecule has 96 valence electrons. The molecule has 0 saturated carbocycles. The van der Waals surface area contributed by atoms with Crippen LogP contribution in [0, 0.1) is 0 Å². The molecule has 19 heavy (non-hydrogen) atoms. The zero-order valence-electron chi connectivity index (χ0n) is 10.3. The molecule has 4 nitrogen and oxygen atoms in total. The van der Waals surface area contributed by atoms with Crippen LogP contribution in [-0.4, -0.2) is 11.0 Å². The fourth-order valence-corrected chi connectivity index (χ4v) is 2.38. The minimum Gasteiger partial charge on any atom is -0.508 e. The Morgan fingerprint density at radius 3 is 2.79 bits per heavy atom. The Kier molecular flexibility index (Phi) is 2.63. The third kappa shape index (κ3) is 2.01. The van der Waals surface area contributed by atoms with Crippen LogP contribution in [0.15, 0.2) is 42.5 Å². The third-order valence-electron chi connectivity index (χ3n) is 3.46. The Morgan fingerprint density at radius 2 is 2.05 bits per heavy atom. The van der Waals surface area contributed by atoms with Crippen molar-refractivity contribution in [1.29, 1.82) is 0 Å². The number of rotatable bonds is 2. The molecule has 4 heteroatoms. The van der Waals surface area contributed by atoms with Crippen LogP contribution in [0.4, 0.5) is 11.4 Å². The Morgan fingerprint density at radius 1 is 1.26 bits per heavy atom. The van der Waals surface area contributed by atoms with Crippen LogP contribution in [0.5, 0.6) is 5.75 Å². The second-order valence-electron chi connectivity index (χ2n) is 4.72. The molecule has 0 spiro atoms. The highest BCUT2D eigenvalue weighted by molar-refractivity contribution is 5.99. The van der Waals surface area contributed by atoms with Gasteiger partial charge >= 0.3 is 0 Å². The molecule has 1 aliphatic carbocycles. The monoisotopic (exact) mass is 254 g/mol. The summed E-state index contributed by atoms with van der Waals surface area (Å²) < 4.78 is 0. The van der Waals surface area contributed by atoms with Crippen molar-refractivity contribution in [3.8, 4) is 5.75 Å². The van der Waals surface area contributed by atoms with E-state index < -0.39 is 0 Å². The summed E-state index contributed by atoms with van der Waals surface area (Å²) in [6.07, 6.45) is 0.764. The summed E-state index contributed by atoms with van der Waals surface area (Å²) in [6, 6.07) is 12.5. The van der Waals surface area contributed by atoms with Crippen molar-refractivity contribution in [3.05, 3.63) is 53.6 Å². The molecule has 0 bridgehead atoms. The first-order valence-corrected chi connectivity index (χ1v) is 6.12. The lowest BCUT2D eigenvalue weighted by atomic mass is 9.77. The number of hydrogen-bond acceptors (Lipinski definition) is 3. The van der Waals surface area contributed by atoms with Gasteiger partial charge in [-0.3, -0.25) is 4.79 Å². The maximum Gasteiger partial charge on any atom is 0.232 e. The number of carbonyl (C=O) groups is 1. The van der Waals surface area contributed by atoms with Gasteiger partial charge in [0, 0.05) is 6.07 Å². The molecule has 1 unspecified atom stereocenters. The number of nitrogens with two attached hydrogens (primary N) is 1. The van der Waals surface area contributed by atoms with Crippen LogP contribution in [-0.2, 0) is 11.2 Å². The van der Waals surface area contributed by atoms with Gasteiger partial charge in [0.15, 0.2) is 0 Å². The van der Waals surface area contributed by atoms with E-state index in [-0.39, 0.29) is 17.6 Å². The van der Waals surface area contributed by atoms with E-state index in [1.165, 1.54) is 17.7 Å². The average molecular weight is 254 g/mol. The molecule has 0 saturated heterocycles. The first kappa shape index (κ1) is 11.6. The van der Waals surface area contributed by atoms with E-state index in [2.05, 4.69) is 5.32 Å². The fourth-order valence-electron chi connectivity index (χ4n) is 2.38. The predicted molar refractivity (Wildman–Crippen MR) is 74.0 cm³/mol. The summed E-state index contributed by atoms with van der Waals surface area (Å²) in [7, 11) is 0. The number of phenols is 1. The Balaban J connectivity index is 1.77. The van der Waals surface area contributed by atoms with Gasteiger partial charge in [-0.15, -0.1) is 0 Å². The molecule has 1 atom stereocenters. The lowest BCUT2D eigenvalue weighted by Gasteiger charge is -2.29. The second kappa shape index (κ2) is 4.31. The van der Waals surface area contributed by atoms with E-state index in [9.17, 15) is 9.90 Å². The number of aromatic hydroxyl groups is 1. The number of phenolic OH excluding ortho intramolecular Hbond substituents is 1. The van der Waals surface area contributed by atoms with Crippen LogP contribution in [0.3, 0.4) is 0 Å². The van der Waals surface area contributed by atoms with Crippen molar-refractivity contribution >= 4 is 17.3 Å². The highest BCUT2D eigenvalue weighted by atomic mass is 16.3. The van der Waals surface area contributed by atoms with E-state index in [1.807, 2.05) is 24.3 Å². The highest BCUT2D eigenvalue weighted by Crippen LogP contribution is 2.36. The predicted octanol–water partition coefficient (Wildman–Crippen LogP) is 2.25. The summed E-state index contributed by atoms with van der Waals surface area (Å²) in [5, 5.41) is 12.1. The summed E-state index contributed by atoms with van der Waals surface area (Å²) in [4.78, 5) is 12.2. The minimum absolute atomic E-state index is 0.0592. The molecule has 0 fully saturated rings. The molecule has 0 heterocycles. The fraction of sp³-hybridized carbons (Fsp3) is 0.133. The van der Waals surface area contributed by atoms with Gasteiger partial charge in [-0.05, 0) is 29.7 Å². The number of carbonyl (C=O) groups excluding carboxylic acids is 1. The molecular weight excluding hydrogens is 240 g/mol. The number of nitrogens with one attached hydrogen (secondary N) is 1. The maximum atomic E-state index is 12.2. The largest absolute Gasteiger partial charge is 0.508 e. The molecule has 0 radical (unpaired) electrons. The number of anilines is 2. The Bertz CT molecular complexity index is 652. The molecule has 1 amide bonds. The van der Waals surface area contributed by atoms with Gasteiger partial charge in [0.2, 0.25) is 5.91 Å². The Labute approximate surface area is 110 Å².